The maximum atomic E-state index is 12.2. The Labute approximate surface area is 155 Å². The zero-order valence-electron chi connectivity index (χ0n) is 15.4. The lowest BCUT2D eigenvalue weighted by Gasteiger charge is -2.20. The second-order valence-corrected chi connectivity index (χ2v) is 7.11. The molecular weight excluding hydrogens is 326 g/mol. The van der Waals surface area contributed by atoms with Crippen LogP contribution in [0.5, 0.6) is 0 Å². The molecule has 5 heteroatoms. The molecule has 2 amide bonds. The van der Waals surface area contributed by atoms with E-state index in [2.05, 4.69) is 22.4 Å². The third-order valence-electron chi connectivity index (χ3n) is 5.14. The zero-order chi connectivity index (χ0) is 18.2. The number of nitrogens with zero attached hydrogens (tertiary/aromatic N) is 1. The topological polar surface area (TPSA) is 65.2 Å². The number of likely N-dealkylation sites (tertiary alicyclic amines) is 1. The fourth-order valence-electron chi connectivity index (χ4n) is 3.65. The third-order valence-corrected chi connectivity index (χ3v) is 5.14. The Bertz CT molecular complexity index is 730. The quantitative estimate of drug-likeness (QED) is 0.799. The van der Waals surface area contributed by atoms with Crippen LogP contribution in [0.4, 0.5) is 0 Å². The van der Waals surface area contributed by atoms with Crippen molar-refractivity contribution < 1.29 is 9.59 Å². The van der Waals surface area contributed by atoms with Gasteiger partial charge in [-0.2, -0.15) is 0 Å². The SMILES string of the molecule is O=C(CCCc1c[nH]c2ccccc12)NCCC(=O)N1CCCCCC1. The molecule has 0 saturated carbocycles. The molecule has 1 aromatic heterocycles. The van der Waals surface area contributed by atoms with Crippen molar-refractivity contribution in [1.82, 2.24) is 15.2 Å². The van der Waals surface area contributed by atoms with Gasteiger partial charge in [0.1, 0.15) is 0 Å². The Morgan fingerprint density at radius 1 is 1.04 bits per heavy atom. The summed E-state index contributed by atoms with van der Waals surface area (Å²) < 4.78 is 0. The first-order valence-corrected chi connectivity index (χ1v) is 9.83. The number of H-pyrrole nitrogens is 1. The summed E-state index contributed by atoms with van der Waals surface area (Å²) in [6, 6.07) is 8.22. The molecule has 0 atom stereocenters. The highest BCUT2D eigenvalue weighted by atomic mass is 16.2. The van der Waals surface area contributed by atoms with Crippen LogP contribution in [0.3, 0.4) is 0 Å². The monoisotopic (exact) mass is 355 g/mol. The number of benzene rings is 1. The number of amides is 2. The van der Waals surface area contributed by atoms with Crippen LogP contribution in [0.15, 0.2) is 30.5 Å². The summed E-state index contributed by atoms with van der Waals surface area (Å²) in [6.45, 7) is 2.19. The van der Waals surface area contributed by atoms with Crippen molar-refractivity contribution in [2.24, 2.45) is 0 Å². The minimum atomic E-state index is 0.0357. The molecule has 1 aliphatic heterocycles. The van der Waals surface area contributed by atoms with Gasteiger partial charge >= 0.3 is 0 Å². The van der Waals surface area contributed by atoms with Crippen molar-refractivity contribution in [3.63, 3.8) is 0 Å². The standard InChI is InChI=1S/C21H29N3O2/c25-20(22-13-12-21(26)24-14-5-1-2-6-15-24)11-7-8-17-16-23-19-10-4-3-9-18(17)19/h3-4,9-10,16,23H,1-2,5-8,11-15H2,(H,22,25). The molecule has 140 valence electrons. The molecule has 2 aromatic rings. The van der Waals surface area contributed by atoms with Crippen LogP contribution in [-0.4, -0.2) is 41.3 Å². The average molecular weight is 355 g/mol. The van der Waals surface area contributed by atoms with Crippen molar-refractivity contribution in [3.8, 4) is 0 Å². The average Bonchev–Trinajstić information content (AvgIpc) is 2.87. The number of hydrogen-bond acceptors (Lipinski definition) is 2. The van der Waals surface area contributed by atoms with E-state index < -0.39 is 0 Å². The highest BCUT2D eigenvalue weighted by Gasteiger charge is 2.15. The minimum absolute atomic E-state index is 0.0357. The van der Waals surface area contributed by atoms with E-state index >= 15 is 0 Å². The van der Waals surface area contributed by atoms with E-state index in [1.165, 1.54) is 23.8 Å². The number of rotatable bonds is 7. The summed E-state index contributed by atoms with van der Waals surface area (Å²) in [4.78, 5) is 29.4. The Balaban J connectivity index is 1.33. The highest BCUT2D eigenvalue weighted by Crippen LogP contribution is 2.19. The Morgan fingerprint density at radius 2 is 1.81 bits per heavy atom. The number of nitrogens with one attached hydrogen (secondary N) is 2. The molecule has 26 heavy (non-hydrogen) atoms. The van der Waals surface area contributed by atoms with Gasteiger partial charge in [0.05, 0.1) is 0 Å². The first-order chi connectivity index (χ1) is 12.7. The second-order valence-electron chi connectivity index (χ2n) is 7.11. The van der Waals surface area contributed by atoms with Gasteiger partial charge in [0.2, 0.25) is 11.8 Å². The van der Waals surface area contributed by atoms with Crippen molar-refractivity contribution in [2.75, 3.05) is 19.6 Å². The van der Waals surface area contributed by atoms with E-state index in [1.807, 2.05) is 23.2 Å². The summed E-state index contributed by atoms with van der Waals surface area (Å²) in [5.74, 6) is 0.208. The molecule has 0 aliphatic carbocycles. The summed E-state index contributed by atoms with van der Waals surface area (Å²) in [5, 5.41) is 4.12. The largest absolute Gasteiger partial charge is 0.361 e. The minimum Gasteiger partial charge on any atom is -0.361 e. The van der Waals surface area contributed by atoms with Crippen molar-refractivity contribution in [1.29, 1.82) is 0 Å². The van der Waals surface area contributed by atoms with Gasteiger partial charge < -0.3 is 15.2 Å². The van der Waals surface area contributed by atoms with Crippen LogP contribution < -0.4 is 5.32 Å². The molecule has 5 nitrogen and oxygen atoms in total. The maximum absolute atomic E-state index is 12.2. The molecule has 2 N–H and O–H groups in total. The molecule has 1 aliphatic rings. The van der Waals surface area contributed by atoms with Crippen molar-refractivity contribution in [2.45, 2.75) is 51.4 Å². The smallest absolute Gasteiger partial charge is 0.224 e. The number of aryl methyl sites for hydroxylation is 1. The van der Waals surface area contributed by atoms with E-state index in [9.17, 15) is 9.59 Å². The number of aromatic nitrogens is 1. The molecule has 0 unspecified atom stereocenters. The molecule has 1 fully saturated rings. The van der Waals surface area contributed by atoms with Gasteiger partial charge in [-0.1, -0.05) is 31.0 Å². The van der Waals surface area contributed by atoms with E-state index in [1.54, 1.807) is 0 Å². The molecule has 0 bridgehead atoms. The van der Waals surface area contributed by atoms with Crippen LogP contribution in [0.2, 0.25) is 0 Å². The lowest BCUT2D eigenvalue weighted by atomic mass is 10.1. The number of para-hydroxylation sites is 1. The van der Waals surface area contributed by atoms with Crippen LogP contribution in [0.1, 0.15) is 50.5 Å². The molecule has 0 spiro atoms. The number of carbonyl (C=O) groups is 2. The van der Waals surface area contributed by atoms with Gasteiger partial charge in [0.15, 0.2) is 0 Å². The molecule has 3 rings (SSSR count). The maximum Gasteiger partial charge on any atom is 0.224 e. The van der Waals surface area contributed by atoms with Gasteiger partial charge in [-0.3, -0.25) is 9.59 Å². The summed E-state index contributed by atoms with van der Waals surface area (Å²) >= 11 is 0. The van der Waals surface area contributed by atoms with Crippen molar-refractivity contribution in [3.05, 3.63) is 36.0 Å². The van der Waals surface area contributed by atoms with Crippen LogP contribution in [0.25, 0.3) is 10.9 Å². The van der Waals surface area contributed by atoms with Crippen LogP contribution in [0, 0.1) is 0 Å². The molecular formula is C21H29N3O2. The van der Waals surface area contributed by atoms with E-state index in [0.717, 1.165) is 44.3 Å². The molecule has 0 radical (unpaired) electrons. The number of carbonyl (C=O) groups excluding carboxylic acids is 2. The van der Waals surface area contributed by atoms with Crippen LogP contribution >= 0.6 is 0 Å². The Morgan fingerprint density at radius 3 is 2.62 bits per heavy atom. The number of aromatic amines is 1. The predicted molar refractivity (Wildman–Crippen MR) is 104 cm³/mol. The number of hydrogen-bond donors (Lipinski definition) is 2. The van der Waals surface area contributed by atoms with Gasteiger partial charge in [0.25, 0.3) is 0 Å². The normalized spacial score (nSPS) is 15.0. The molecule has 1 saturated heterocycles. The Hall–Kier alpha value is -2.30. The Kier molecular flexibility index (Phi) is 6.69. The van der Waals surface area contributed by atoms with Crippen molar-refractivity contribution >= 4 is 22.7 Å². The third kappa shape index (κ3) is 5.10. The van der Waals surface area contributed by atoms with Crippen LogP contribution in [-0.2, 0) is 16.0 Å². The van der Waals surface area contributed by atoms with Gasteiger partial charge in [-0.05, 0) is 37.3 Å². The fraction of sp³-hybridized carbons (Fsp3) is 0.524. The van der Waals surface area contributed by atoms with E-state index in [0.29, 0.717) is 19.4 Å². The summed E-state index contributed by atoms with van der Waals surface area (Å²) in [6.07, 6.45) is 9.28. The summed E-state index contributed by atoms with van der Waals surface area (Å²) in [7, 11) is 0. The lowest BCUT2D eigenvalue weighted by molar-refractivity contribution is -0.131. The highest BCUT2D eigenvalue weighted by molar-refractivity contribution is 5.83. The molecule has 1 aromatic carbocycles. The lowest BCUT2D eigenvalue weighted by Crippen LogP contribution is -2.35. The van der Waals surface area contributed by atoms with Gasteiger partial charge in [0, 0.05) is 49.6 Å². The van der Waals surface area contributed by atoms with E-state index in [-0.39, 0.29) is 11.8 Å². The van der Waals surface area contributed by atoms with Gasteiger partial charge in [-0.25, -0.2) is 0 Å². The fourth-order valence-corrected chi connectivity index (χ4v) is 3.65. The molecule has 2 heterocycles. The second kappa shape index (κ2) is 9.41. The van der Waals surface area contributed by atoms with Gasteiger partial charge in [-0.15, -0.1) is 0 Å². The number of fused-ring (bicyclic) bond motifs is 1. The predicted octanol–water partition coefficient (Wildman–Crippen LogP) is 3.40. The first-order valence-electron chi connectivity index (χ1n) is 9.83. The van der Waals surface area contributed by atoms with E-state index in [4.69, 9.17) is 0 Å². The summed E-state index contributed by atoms with van der Waals surface area (Å²) in [5.41, 5.74) is 2.39. The zero-order valence-corrected chi connectivity index (χ0v) is 15.4. The first kappa shape index (κ1) is 18.5.